The van der Waals surface area contributed by atoms with Crippen LogP contribution in [0.15, 0.2) is 54.9 Å². The first-order valence-corrected chi connectivity index (χ1v) is 6.59. The van der Waals surface area contributed by atoms with Gasteiger partial charge < -0.3 is 10.3 Å². The molecule has 2 aromatic carbocycles. The topological polar surface area (TPSA) is 43.8 Å². The second-order valence-corrected chi connectivity index (χ2v) is 5.00. The van der Waals surface area contributed by atoms with Gasteiger partial charge in [-0.3, -0.25) is 0 Å². The van der Waals surface area contributed by atoms with Gasteiger partial charge in [-0.15, -0.1) is 0 Å². The van der Waals surface area contributed by atoms with Gasteiger partial charge >= 0.3 is 0 Å². The number of para-hydroxylation sites is 2. The summed E-state index contributed by atoms with van der Waals surface area (Å²) in [7, 11) is 0. The number of halogens is 1. The van der Waals surface area contributed by atoms with Crippen LogP contribution in [0.25, 0.3) is 11.0 Å². The van der Waals surface area contributed by atoms with E-state index in [1.165, 1.54) is 12.1 Å². The summed E-state index contributed by atoms with van der Waals surface area (Å²) >= 11 is 0. The maximum atomic E-state index is 13.1. The fraction of sp³-hybridized carbons (Fsp3) is 0.188. The largest absolute Gasteiger partial charge is 0.326 e. The van der Waals surface area contributed by atoms with Gasteiger partial charge in [0.15, 0.2) is 0 Å². The fourth-order valence-corrected chi connectivity index (χ4v) is 2.58. The Hall–Kier alpha value is -2.20. The molecule has 0 aliphatic heterocycles. The molecular weight excluding hydrogens is 253 g/mol. The van der Waals surface area contributed by atoms with E-state index in [9.17, 15) is 4.39 Å². The van der Waals surface area contributed by atoms with E-state index in [2.05, 4.69) is 4.98 Å². The highest BCUT2D eigenvalue weighted by Crippen LogP contribution is 2.25. The molecule has 0 aliphatic carbocycles. The molecule has 2 unspecified atom stereocenters. The predicted octanol–water partition coefficient (Wildman–Crippen LogP) is 3.11. The summed E-state index contributed by atoms with van der Waals surface area (Å²) in [5.41, 5.74) is 9.08. The smallest absolute Gasteiger partial charge is 0.123 e. The number of rotatable bonds is 3. The van der Waals surface area contributed by atoms with Gasteiger partial charge in [0.05, 0.1) is 23.4 Å². The van der Waals surface area contributed by atoms with Crippen LogP contribution in [-0.2, 0) is 0 Å². The Bertz CT molecular complexity index is 716. The number of imidazole rings is 1. The van der Waals surface area contributed by atoms with Crippen molar-refractivity contribution in [1.29, 1.82) is 0 Å². The lowest BCUT2D eigenvalue weighted by molar-refractivity contribution is 0.505. The van der Waals surface area contributed by atoms with E-state index in [1.54, 1.807) is 18.5 Å². The molecule has 0 amide bonds. The molecule has 20 heavy (non-hydrogen) atoms. The van der Waals surface area contributed by atoms with Gasteiger partial charge in [-0.05, 0) is 36.8 Å². The SMILES string of the molecule is CC(N)C(c1ccc(F)cc1)n1cnc2ccccc21. The molecule has 0 saturated carbocycles. The Morgan fingerprint density at radius 3 is 2.50 bits per heavy atom. The summed E-state index contributed by atoms with van der Waals surface area (Å²) < 4.78 is 15.1. The molecule has 2 N–H and O–H groups in total. The molecule has 2 atom stereocenters. The van der Waals surface area contributed by atoms with Crippen molar-refractivity contribution in [1.82, 2.24) is 9.55 Å². The lowest BCUT2D eigenvalue weighted by atomic mass is 10.0. The minimum atomic E-state index is -0.243. The van der Waals surface area contributed by atoms with E-state index in [1.807, 2.05) is 35.8 Å². The molecule has 1 heterocycles. The molecule has 4 heteroatoms. The first kappa shape index (κ1) is 12.8. The van der Waals surface area contributed by atoms with E-state index >= 15 is 0 Å². The third kappa shape index (κ3) is 2.18. The van der Waals surface area contributed by atoms with Crippen molar-refractivity contribution in [3.05, 3.63) is 66.2 Å². The quantitative estimate of drug-likeness (QED) is 0.794. The third-order valence-corrected chi connectivity index (χ3v) is 3.49. The highest BCUT2D eigenvalue weighted by molar-refractivity contribution is 5.75. The minimum Gasteiger partial charge on any atom is -0.326 e. The van der Waals surface area contributed by atoms with E-state index in [4.69, 9.17) is 5.73 Å². The number of aromatic nitrogens is 2. The zero-order valence-electron chi connectivity index (χ0n) is 11.2. The molecule has 0 radical (unpaired) electrons. The summed E-state index contributed by atoms with van der Waals surface area (Å²) in [4.78, 5) is 4.40. The van der Waals surface area contributed by atoms with Gasteiger partial charge in [0.1, 0.15) is 5.82 Å². The monoisotopic (exact) mass is 269 g/mol. The Morgan fingerprint density at radius 1 is 1.10 bits per heavy atom. The average Bonchev–Trinajstić information content (AvgIpc) is 2.85. The number of nitrogens with zero attached hydrogens (tertiary/aromatic N) is 2. The maximum absolute atomic E-state index is 13.1. The zero-order valence-corrected chi connectivity index (χ0v) is 11.2. The predicted molar refractivity (Wildman–Crippen MR) is 77.9 cm³/mol. The van der Waals surface area contributed by atoms with E-state index in [-0.39, 0.29) is 17.9 Å². The number of nitrogens with two attached hydrogens (primary N) is 1. The van der Waals surface area contributed by atoms with Crippen molar-refractivity contribution >= 4 is 11.0 Å². The van der Waals surface area contributed by atoms with Gasteiger partial charge in [0.2, 0.25) is 0 Å². The number of benzene rings is 2. The van der Waals surface area contributed by atoms with Crippen molar-refractivity contribution in [3.63, 3.8) is 0 Å². The minimum absolute atomic E-state index is 0.0667. The molecule has 0 spiro atoms. The van der Waals surface area contributed by atoms with Gasteiger partial charge in [0, 0.05) is 6.04 Å². The maximum Gasteiger partial charge on any atom is 0.123 e. The molecule has 3 nitrogen and oxygen atoms in total. The molecule has 1 aromatic heterocycles. The summed E-state index contributed by atoms with van der Waals surface area (Å²) in [5.74, 6) is -0.243. The van der Waals surface area contributed by atoms with E-state index in [0.717, 1.165) is 16.6 Å². The normalized spacial score (nSPS) is 14.3. The Morgan fingerprint density at radius 2 is 1.80 bits per heavy atom. The molecule has 0 fully saturated rings. The van der Waals surface area contributed by atoms with Crippen LogP contribution >= 0.6 is 0 Å². The van der Waals surface area contributed by atoms with Crippen LogP contribution in [0.5, 0.6) is 0 Å². The van der Waals surface area contributed by atoms with Gasteiger partial charge in [-0.2, -0.15) is 0 Å². The third-order valence-electron chi connectivity index (χ3n) is 3.49. The van der Waals surface area contributed by atoms with Crippen molar-refractivity contribution in [2.24, 2.45) is 5.73 Å². The number of fused-ring (bicyclic) bond motifs is 1. The first-order chi connectivity index (χ1) is 9.66. The Balaban J connectivity index is 2.13. The van der Waals surface area contributed by atoms with Crippen LogP contribution in [-0.4, -0.2) is 15.6 Å². The molecular formula is C16H16FN3. The highest BCUT2D eigenvalue weighted by Gasteiger charge is 2.20. The standard InChI is InChI=1S/C16H16FN3/c1-11(18)16(12-6-8-13(17)9-7-12)20-10-19-14-4-2-3-5-15(14)20/h2-11,16H,18H2,1H3. The lowest BCUT2D eigenvalue weighted by Gasteiger charge is -2.23. The highest BCUT2D eigenvalue weighted by atomic mass is 19.1. The van der Waals surface area contributed by atoms with Crippen molar-refractivity contribution in [2.75, 3.05) is 0 Å². The Kier molecular flexibility index (Phi) is 3.24. The van der Waals surface area contributed by atoms with Gasteiger partial charge in [-0.25, -0.2) is 9.37 Å². The fourth-order valence-electron chi connectivity index (χ4n) is 2.58. The second-order valence-electron chi connectivity index (χ2n) is 5.00. The summed E-state index contributed by atoms with van der Waals surface area (Å²) in [5, 5.41) is 0. The van der Waals surface area contributed by atoms with Gasteiger partial charge in [0.25, 0.3) is 0 Å². The molecule has 0 saturated heterocycles. The van der Waals surface area contributed by atoms with Crippen LogP contribution in [0.3, 0.4) is 0 Å². The molecule has 0 bridgehead atoms. The molecule has 3 aromatic rings. The van der Waals surface area contributed by atoms with Crippen LogP contribution < -0.4 is 5.73 Å². The van der Waals surface area contributed by atoms with E-state index in [0.29, 0.717) is 0 Å². The van der Waals surface area contributed by atoms with Gasteiger partial charge in [-0.1, -0.05) is 24.3 Å². The van der Waals surface area contributed by atoms with Crippen molar-refractivity contribution in [3.8, 4) is 0 Å². The molecule has 0 aliphatic rings. The van der Waals surface area contributed by atoms with E-state index < -0.39 is 0 Å². The zero-order chi connectivity index (χ0) is 14.1. The van der Waals surface area contributed by atoms with Crippen LogP contribution in [0.1, 0.15) is 18.5 Å². The van der Waals surface area contributed by atoms with Crippen molar-refractivity contribution < 1.29 is 4.39 Å². The number of hydrogen-bond donors (Lipinski definition) is 1. The summed E-state index contributed by atoms with van der Waals surface area (Å²) in [6.45, 7) is 1.95. The second kappa shape index (κ2) is 5.06. The lowest BCUT2D eigenvalue weighted by Crippen LogP contribution is -2.29. The molecule has 102 valence electrons. The summed E-state index contributed by atoms with van der Waals surface area (Å²) in [6, 6.07) is 14.2. The average molecular weight is 269 g/mol. The van der Waals surface area contributed by atoms with Crippen LogP contribution in [0.2, 0.25) is 0 Å². The van der Waals surface area contributed by atoms with Crippen LogP contribution in [0, 0.1) is 5.82 Å². The summed E-state index contributed by atoms with van der Waals surface area (Å²) in [6.07, 6.45) is 1.79. The Labute approximate surface area is 116 Å². The molecule has 3 rings (SSSR count). The number of hydrogen-bond acceptors (Lipinski definition) is 2. The first-order valence-electron chi connectivity index (χ1n) is 6.59. The van der Waals surface area contributed by atoms with Crippen LogP contribution in [0.4, 0.5) is 4.39 Å². The van der Waals surface area contributed by atoms with Crippen molar-refractivity contribution in [2.45, 2.75) is 19.0 Å².